The normalized spacial score (nSPS) is 13.3. The Labute approximate surface area is 131 Å². The molecule has 0 saturated heterocycles. The fraction of sp³-hybridized carbons (Fsp3) is 0.538. The molecule has 0 spiro atoms. The molecule has 8 heteroatoms. The van der Waals surface area contributed by atoms with E-state index in [4.69, 9.17) is 0 Å². The lowest BCUT2D eigenvalue weighted by molar-refractivity contribution is -0.137. The highest BCUT2D eigenvalue weighted by molar-refractivity contribution is 9.10. The molecule has 0 unspecified atom stereocenters. The first-order chi connectivity index (χ1) is 9.33. The summed E-state index contributed by atoms with van der Waals surface area (Å²) >= 11 is 3.01. The maximum absolute atomic E-state index is 12.7. The van der Waals surface area contributed by atoms with Gasteiger partial charge in [0.1, 0.15) is 0 Å². The Morgan fingerprint density at radius 3 is 2.19 bits per heavy atom. The zero-order valence-corrected chi connectivity index (χ0v) is 14.3. The lowest BCUT2D eigenvalue weighted by Crippen LogP contribution is -2.32. The van der Waals surface area contributed by atoms with Crippen LogP contribution in [0.15, 0.2) is 22.7 Å². The Morgan fingerprint density at radius 2 is 1.71 bits per heavy atom. The predicted molar refractivity (Wildman–Crippen MR) is 81.2 cm³/mol. The maximum atomic E-state index is 12.7. The van der Waals surface area contributed by atoms with E-state index in [0.29, 0.717) is 0 Å². The number of hydrogen-bond acceptors (Lipinski definition) is 3. The van der Waals surface area contributed by atoms with Crippen LogP contribution in [0.5, 0.6) is 0 Å². The molecule has 0 fully saturated rings. The minimum Gasteiger partial charge on any atom is -0.384 e. The molecule has 0 heterocycles. The van der Waals surface area contributed by atoms with Gasteiger partial charge in [-0.15, -0.1) is 0 Å². The largest absolute Gasteiger partial charge is 0.416 e. The molecule has 0 aromatic heterocycles. The maximum Gasteiger partial charge on any atom is 0.416 e. The highest BCUT2D eigenvalue weighted by atomic mass is 79.9. The number of hydrogen-bond donors (Lipinski definition) is 1. The lowest BCUT2D eigenvalue weighted by atomic mass is 10.2. The van der Waals surface area contributed by atoms with Gasteiger partial charge in [-0.1, -0.05) is 15.9 Å². The minimum absolute atomic E-state index is 0.0490. The van der Waals surface area contributed by atoms with Crippen molar-refractivity contribution in [3.63, 3.8) is 0 Å². The molecule has 1 aromatic carbocycles. The summed E-state index contributed by atoms with van der Waals surface area (Å²) in [6, 6.07) is 3.39. The van der Waals surface area contributed by atoms with Gasteiger partial charge >= 0.3 is 6.18 Å². The van der Waals surface area contributed by atoms with Crippen LogP contribution < -0.4 is 5.32 Å². The van der Waals surface area contributed by atoms with Crippen molar-refractivity contribution in [2.24, 2.45) is 0 Å². The second kappa shape index (κ2) is 6.16. The van der Waals surface area contributed by atoms with Crippen molar-refractivity contribution in [3.05, 3.63) is 28.2 Å². The fourth-order valence-electron chi connectivity index (χ4n) is 1.49. The number of anilines is 1. The number of rotatable bonds is 4. The van der Waals surface area contributed by atoms with Crippen molar-refractivity contribution >= 4 is 31.5 Å². The third-order valence-corrected chi connectivity index (χ3v) is 5.92. The molecule has 1 N–H and O–H groups in total. The number of alkyl halides is 3. The summed E-state index contributed by atoms with van der Waals surface area (Å²) < 4.78 is 61.2. The monoisotopic (exact) mass is 387 g/mol. The average Bonchev–Trinajstić information content (AvgIpc) is 2.25. The summed E-state index contributed by atoms with van der Waals surface area (Å²) in [5, 5.41) is 2.72. The number of nitrogens with one attached hydrogen (secondary N) is 1. The van der Waals surface area contributed by atoms with Crippen LogP contribution in [0.2, 0.25) is 0 Å². The summed E-state index contributed by atoms with van der Waals surface area (Å²) in [4.78, 5) is 0. The zero-order valence-electron chi connectivity index (χ0n) is 11.9. The van der Waals surface area contributed by atoms with Gasteiger partial charge in [0.2, 0.25) is 0 Å². The van der Waals surface area contributed by atoms with E-state index in [-0.39, 0.29) is 22.5 Å². The van der Waals surface area contributed by atoms with Crippen LogP contribution in [0, 0.1) is 0 Å². The molecule has 0 aliphatic heterocycles. The smallest absolute Gasteiger partial charge is 0.384 e. The summed E-state index contributed by atoms with van der Waals surface area (Å²) in [5.74, 6) is -0.148. The van der Waals surface area contributed by atoms with Crippen LogP contribution in [0.3, 0.4) is 0 Å². The van der Waals surface area contributed by atoms with Crippen LogP contribution in [0.1, 0.15) is 26.3 Å². The third kappa shape index (κ3) is 5.18. The summed E-state index contributed by atoms with van der Waals surface area (Å²) in [5.41, 5.74) is -0.570. The van der Waals surface area contributed by atoms with E-state index in [1.807, 2.05) is 0 Å². The molecular weight excluding hydrogens is 371 g/mol. The van der Waals surface area contributed by atoms with E-state index >= 15 is 0 Å². The third-order valence-electron chi connectivity index (χ3n) is 2.86. The quantitative estimate of drug-likeness (QED) is 0.845. The molecule has 0 atom stereocenters. The van der Waals surface area contributed by atoms with Crippen LogP contribution in [-0.2, 0) is 16.0 Å². The molecule has 120 valence electrons. The van der Waals surface area contributed by atoms with E-state index < -0.39 is 26.3 Å². The molecule has 0 amide bonds. The van der Waals surface area contributed by atoms with Crippen molar-refractivity contribution in [1.82, 2.24) is 0 Å². The Hall–Kier alpha value is -0.760. The van der Waals surface area contributed by atoms with Gasteiger partial charge in [0.05, 0.1) is 16.1 Å². The van der Waals surface area contributed by atoms with Gasteiger partial charge in [-0.25, -0.2) is 8.42 Å². The Bertz CT molecular complexity index is 607. The molecule has 0 aliphatic carbocycles. The highest BCUT2D eigenvalue weighted by Gasteiger charge is 2.31. The van der Waals surface area contributed by atoms with E-state index in [9.17, 15) is 21.6 Å². The Morgan fingerprint density at radius 1 is 1.14 bits per heavy atom. The minimum atomic E-state index is -4.45. The Kier molecular flexibility index (Phi) is 5.36. The van der Waals surface area contributed by atoms with Crippen LogP contribution >= 0.6 is 15.9 Å². The van der Waals surface area contributed by atoms with Gasteiger partial charge in [0, 0.05) is 16.7 Å². The molecule has 0 bridgehead atoms. The van der Waals surface area contributed by atoms with Crippen LogP contribution in [0.4, 0.5) is 18.9 Å². The highest BCUT2D eigenvalue weighted by Crippen LogP contribution is 2.33. The first-order valence-corrected chi connectivity index (χ1v) is 8.61. The van der Waals surface area contributed by atoms with Gasteiger partial charge in [-0.2, -0.15) is 13.2 Å². The summed E-state index contributed by atoms with van der Waals surface area (Å²) in [7, 11) is -3.31. The molecule has 0 aliphatic rings. The van der Waals surface area contributed by atoms with Crippen LogP contribution in [0.25, 0.3) is 0 Å². The van der Waals surface area contributed by atoms with Crippen molar-refractivity contribution in [3.8, 4) is 0 Å². The van der Waals surface area contributed by atoms with E-state index in [2.05, 4.69) is 21.2 Å². The standard InChI is InChI=1S/C13H17BrF3NO2S/c1-12(2,3)21(19,20)5-4-18-11-7-9(13(15,16)17)6-10(14)8-11/h6-8,18H,4-5H2,1-3H3. The molecule has 0 radical (unpaired) electrons. The summed E-state index contributed by atoms with van der Waals surface area (Å²) in [6.45, 7) is 4.81. The van der Waals surface area contributed by atoms with Crippen molar-refractivity contribution in [2.45, 2.75) is 31.7 Å². The molecular formula is C13H17BrF3NO2S. The second-order valence-electron chi connectivity index (χ2n) is 5.58. The molecule has 1 rings (SSSR count). The van der Waals surface area contributed by atoms with Gasteiger partial charge < -0.3 is 5.32 Å². The van der Waals surface area contributed by atoms with Gasteiger partial charge in [-0.3, -0.25) is 0 Å². The first kappa shape index (κ1) is 18.3. The fourth-order valence-corrected chi connectivity index (χ4v) is 2.97. The van der Waals surface area contributed by atoms with Crippen LogP contribution in [-0.4, -0.2) is 25.5 Å². The topological polar surface area (TPSA) is 46.2 Å². The molecule has 1 aromatic rings. The first-order valence-electron chi connectivity index (χ1n) is 6.17. The van der Waals surface area contributed by atoms with Gasteiger partial charge in [0.15, 0.2) is 9.84 Å². The average molecular weight is 388 g/mol. The number of halogens is 4. The lowest BCUT2D eigenvalue weighted by Gasteiger charge is -2.19. The second-order valence-corrected chi connectivity index (χ2v) is 9.36. The number of benzene rings is 1. The van der Waals surface area contributed by atoms with Gasteiger partial charge in [-0.05, 0) is 39.0 Å². The predicted octanol–water partition coefficient (Wildman–Crippen LogP) is 4.09. The SMILES string of the molecule is CC(C)(C)S(=O)(=O)CCNc1cc(Br)cc(C(F)(F)F)c1. The number of sulfone groups is 1. The zero-order chi connectivity index (χ0) is 16.5. The molecule has 21 heavy (non-hydrogen) atoms. The van der Waals surface area contributed by atoms with E-state index in [1.54, 1.807) is 20.8 Å². The summed E-state index contributed by atoms with van der Waals surface area (Å²) in [6.07, 6.45) is -4.45. The van der Waals surface area contributed by atoms with Crippen molar-refractivity contribution in [1.29, 1.82) is 0 Å². The Balaban J connectivity index is 2.80. The van der Waals surface area contributed by atoms with E-state index in [0.717, 1.165) is 12.1 Å². The molecule has 3 nitrogen and oxygen atoms in total. The molecule has 0 saturated carbocycles. The van der Waals surface area contributed by atoms with Gasteiger partial charge in [0.25, 0.3) is 0 Å². The van der Waals surface area contributed by atoms with Crippen molar-refractivity contribution < 1.29 is 21.6 Å². The van der Waals surface area contributed by atoms with E-state index in [1.165, 1.54) is 6.07 Å². The van der Waals surface area contributed by atoms with Crippen molar-refractivity contribution in [2.75, 3.05) is 17.6 Å².